The second kappa shape index (κ2) is 8.55. The third kappa shape index (κ3) is 4.45. The number of thioether (sulfide) groups is 2. The second-order valence-electron chi connectivity index (χ2n) is 5.10. The summed E-state index contributed by atoms with van der Waals surface area (Å²) < 4.78 is 2.04. The molecule has 25 heavy (non-hydrogen) atoms. The van der Waals surface area contributed by atoms with Crippen molar-refractivity contribution in [3.8, 4) is 10.7 Å². The molecule has 0 bridgehead atoms. The van der Waals surface area contributed by atoms with Crippen LogP contribution in [-0.4, -0.2) is 32.7 Å². The summed E-state index contributed by atoms with van der Waals surface area (Å²) in [7, 11) is 0. The molecule has 0 saturated heterocycles. The fraction of sp³-hybridized carbons (Fsp3) is 0.235. The molecular weight excluding hydrogens is 372 g/mol. The van der Waals surface area contributed by atoms with Crippen molar-refractivity contribution in [1.82, 2.24) is 14.8 Å². The van der Waals surface area contributed by atoms with Crippen molar-refractivity contribution in [2.75, 3.05) is 17.3 Å². The fourth-order valence-electron chi connectivity index (χ4n) is 2.30. The molecule has 0 spiro atoms. The third-order valence-corrected chi connectivity index (χ3v) is 6.02. The van der Waals surface area contributed by atoms with Gasteiger partial charge in [0.1, 0.15) is 0 Å². The highest BCUT2D eigenvalue weighted by molar-refractivity contribution is 7.99. The zero-order valence-electron chi connectivity index (χ0n) is 13.9. The Morgan fingerprint density at radius 3 is 2.88 bits per heavy atom. The van der Waals surface area contributed by atoms with Crippen LogP contribution >= 0.6 is 34.9 Å². The molecule has 0 aliphatic carbocycles. The van der Waals surface area contributed by atoms with Gasteiger partial charge in [-0.25, -0.2) is 0 Å². The summed E-state index contributed by atoms with van der Waals surface area (Å²) in [6.07, 6.45) is 2.01. The number of rotatable bonds is 7. The maximum Gasteiger partial charge on any atom is 0.234 e. The average molecular weight is 391 g/mol. The van der Waals surface area contributed by atoms with E-state index in [9.17, 15) is 4.79 Å². The molecule has 1 aromatic carbocycles. The number of aromatic nitrogens is 3. The number of nitrogens with zero attached hydrogens (tertiary/aromatic N) is 3. The van der Waals surface area contributed by atoms with Crippen LogP contribution in [0.2, 0.25) is 0 Å². The monoisotopic (exact) mass is 390 g/mol. The smallest absolute Gasteiger partial charge is 0.234 e. The van der Waals surface area contributed by atoms with Crippen LogP contribution in [0.4, 0.5) is 5.69 Å². The normalized spacial score (nSPS) is 10.8. The summed E-state index contributed by atoms with van der Waals surface area (Å²) in [4.78, 5) is 14.4. The number of benzene rings is 1. The zero-order chi connectivity index (χ0) is 17.6. The lowest BCUT2D eigenvalue weighted by molar-refractivity contribution is -0.113. The van der Waals surface area contributed by atoms with Crippen molar-refractivity contribution in [2.24, 2.45) is 0 Å². The lowest BCUT2D eigenvalue weighted by atomic mass is 10.3. The van der Waals surface area contributed by atoms with Gasteiger partial charge in [0, 0.05) is 17.1 Å². The molecule has 3 aromatic rings. The first-order valence-electron chi connectivity index (χ1n) is 7.75. The number of hydrogen-bond donors (Lipinski definition) is 1. The second-order valence-corrected chi connectivity index (χ2v) is 7.87. The number of hydrogen-bond acceptors (Lipinski definition) is 6. The van der Waals surface area contributed by atoms with E-state index in [1.165, 1.54) is 11.8 Å². The van der Waals surface area contributed by atoms with Gasteiger partial charge in [0.05, 0.1) is 10.6 Å². The molecule has 5 nitrogen and oxygen atoms in total. The first-order chi connectivity index (χ1) is 12.2. The number of carbonyl (C=O) groups excluding carboxylic acids is 1. The Morgan fingerprint density at radius 1 is 1.28 bits per heavy atom. The van der Waals surface area contributed by atoms with Crippen molar-refractivity contribution in [1.29, 1.82) is 0 Å². The van der Waals surface area contributed by atoms with Crippen molar-refractivity contribution < 1.29 is 4.79 Å². The molecule has 8 heteroatoms. The largest absolute Gasteiger partial charge is 0.325 e. The van der Waals surface area contributed by atoms with Gasteiger partial charge in [0.25, 0.3) is 0 Å². The van der Waals surface area contributed by atoms with E-state index in [2.05, 4.69) is 22.4 Å². The molecule has 130 valence electrons. The minimum atomic E-state index is -0.0495. The van der Waals surface area contributed by atoms with Gasteiger partial charge in [-0.15, -0.1) is 33.3 Å². The van der Waals surface area contributed by atoms with E-state index < -0.39 is 0 Å². The maximum absolute atomic E-state index is 12.2. The van der Waals surface area contributed by atoms with Crippen LogP contribution in [0.25, 0.3) is 10.7 Å². The lowest BCUT2D eigenvalue weighted by Gasteiger charge is -2.07. The Hall–Kier alpha value is -1.77. The van der Waals surface area contributed by atoms with Gasteiger partial charge in [0.2, 0.25) is 5.91 Å². The van der Waals surface area contributed by atoms with E-state index in [0.29, 0.717) is 5.75 Å². The van der Waals surface area contributed by atoms with E-state index >= 15 is 0 Å². The van der Waals surface area contributed by atoms with Crippen molar-refractivity contribution >= 4 is 46.5 Å². The van der Waals surface area contributed by atoms with Gasteiger partial charge in [-0.3, -0.25) is 4.79 Å². The first-order valence-corrected chi connectivity index (χ1v) is 10.8. The number of carbonyl (C=O) groups is 1. The molecule has 2 heterocycles. The highest BCUT2D eigenvalue weighted by atomic mass is 32.2. The molecule has 0 aliphatic heterocycles. The predicted molar refractivity (Wildman–Crippen MR) is 107 cm³/mol. The van der Waals surface area contributed by atoms with Crippen LogP contribution in [0.1, 0.15) is 6.92 Å². The van der Waals surface area contributed by atoms with Crippen LogP contribution in [0.3, 0.4) is 0 Å². The quantitative estimate of drug-likeness (QED) is 0.603. The van der Waals surface area contributed by atoms with Crippen LogP contribution in [0.15, 0.2) is 51.8 Å². The van der Waals surface area contributed by atoms with Gasteiger partial charge >= 0.3 is 0 Å². The molecule has 0 atom stereocenters. The number of anilines is 1. The standard InChI is InChI=1S/C17H18N4OS3/c1-3-21-16(14-8-5-9-24-14)19-20-17(21)25-11-15(22)18-12-6-4-7-13(10-12)23-2/h4-10H,3,11H2,1-2H3,(H,18,22). The van der Waals surface area contributed by atoms with Crippen LogP contribution in [-0.2, 0) is 11.3 Å². The predicted octanol–water partition coefficient (Wildman–Crippen LogP) is 4.48. The van der Waals surface area contributed by atoms with Crippen LogP contribution < -0.4 is 5.32 Å². The van der Waals surface area contributed by atoms with E-state index in [-0.39, 0.29) is 5.91 Å². The topological polar surface area (TPSA) is 59.8 Å². The summed E-state index contributed by atoms with van der Waals surface area (Å²) in [6.45, 7) is 2.82. The summed E-state index contributed by atoms with van der Waals surface area (Å²) in [5, 5.41) is 14.2. The average Bonchev–Trinajstić information content (AvgIpc) is 3.29. The van der Waals surface area contributed by atoms with Crippen molar-refractivity contribution in [2.45, 2.75) is 23.5 Å². The molecule has 0 radical (unpaired) electrons. The Balaban J connectivity index is 1.64. The van der Waals surface area contributed by atoms with Gasteiger partial charge in [0.15, 0.2) is 11.0 Å². The zero-order valence-corrected chi connectivity index (χ0v) is 16.4. The fourth-order valence-corrected chi connectivity index (χ4v) is 4.28. The third-order valence-electron chi connectivity index (χ3n) is 3.46. The number of nitrogens with one attached hydrogen (secondary N) is 1. The molecule has 1 amide bonds. The van der Waals surface area contributed by atoms with Gasteiger partial charge in [-0.05, 0) is 42.8 Å². The molecular formula is C17H18N4OS3. The molecule has 0 unspecified atom stereocenters. The molecule has 2 aromatic heterocycles. The Morgan fingerprint density at radius 2 is 2.16 bits per heavy atom. The highest BCUT2D eigenvalue weighted by Gasteiger charge is 2.15. The lowest BCUT2D eigenvalue weighted by Crippen LogP contribution is -2.14. The summed E-state index contributed by atoms with van der Waals surface area (Å²) in [5.41, 5.74) is 0.814. The summed E-state index contributed by atoms with van der Waals surface area (Å²) in [5.74, 6) is 1.10. The van der Waals surface area contributed by atoms with Gasteiger partial charge in [-0.2, -0.15) is 0 Å². The van der Waals surface area contributed by atoms with E-state index in [0.717, 1.165) is 33.0 Å². The first kappa shape index (κ1) is 18.0. The molecule has 1 N–H and O–H groups in total. The number of thiophene rings is 1. The summed E-state index contributed by atoms with van der Waals surface area (Å²) >= 11 is 4.69. The SMILES string of the molecule is CCn1c(SCC(=O)Nc2cccc(SC)c2)nnc1-c1cccs1. The highest BCUT2D eigenvalue weighted by Crippen LogP contribution is 2.27. The van der Waals surface area contributed by atoms with Crippen LogP contribution in [0.5, 0.6) is 0 Å². The van der Waals surface area contributed by atoms with E-state index in [1.807, 2.05) is 52.6 Å². The minimum absolute atomic E-state index is 0.0495. The van der Waals surface area contributed by atoms with E-state index in [4.69, 9.17) is 0 Å². The van der Waals surface area contributed by atoms with Crippen molar-refractivity contribution in [3.05, 3.63) is 41.8 Å². The Kier molecular flexibility index (Phi) is 6.17. The molecule has 0 aliphatic rings. The number of amides is 1. The summed E-state index contributed by atoms with van der Waals surface area (Å²) in [6, 6.07) is 11.8. The van der Waals surface area contributed by atoms with E-state index in [1.54, 1.807) is 23.1 Å². The Bertz CT molecular complexity index is 845. The van der Waals surface area contributed by atoms with Gasteiger partial charge in [-0.1, -0.05) is 23.9 Å². The van der Waals surface area contributed by atoms with Crippen LogP contribution in [0, 0.1) is 0 Å². The Labute approximate surface area is 159 Å². The maximum atomic E-state index is 12.2. The molecule has 0 fully saturated rings. The molecule has 3 rings (SSSR count). The van der Waals surface area contributed by atoms with Crippen molar-refractivity contribution in [3.63, 3.8) is 0 Å². The molecule has 0 saturated carbocycles. The van der Waals surface area contributed by atoms with Gasteiger partial charge < -0.3 is 9.88 Å². The minimum Gasteiger partial charge on any atom is -0.325 e.